The summed E-state index contributed by atoms with van der Waals surface area (Å²) in [5, 5.41) is 0. The second-order valence-electron chi connectivity index (χ2n) is 3.03. The van der Waals surface area contributed by atoms with Crippen molar-refractivity contribution in [3.8, 4) is 0 Å². The molecule has 0 aromatic heterocycles. The second-order valence-corrected chi connectivity index (χ2v) is 3.03. The molecule has 0 aliphatic heterocycles. The van der Waals surface area contributed by atoms with Crippen LogP contribution in [-0.4, -0.2) is 12.1 Å². The molecule has 0 radical (unpaired) electrons. The summed E-state index contributed by atoms with van der Waals surface area (Å²) in [4.78, 5) is 21.4. The molecule has 2 heteroatoms. The van der Waals surface area contributed by atoms with Gasteiger partial charge in [0.15, 0.2) is 5.78 Å². The van der Waals surface area contributed by atoms with Crippen molar-refractivity contribution in [2.45, 2.75) is 13.3 Å². The third-order valence-electron chi connectivity index (χ3n) is 1.89. The first-order valence-electron chi connectivity index (χ1n) is 4.44. The Hall–Kier alpha value is -1.70. The van der Waals surface area contributed by atoms with Crippen LogP contribution in [0.5, 0.6) is 0 Å². The molecule has 0 N–H and O–H groups in total. The number of hydrogen-bond donors (Lipinski definition) is 0. The third-order valence-corrected chi connectivity index (χ3v) is 1.89. The van der Waals surface area contributed by atoms with Gasteiger partial charge in [-0.1, -0.05) is 30.3 Å². The highest BCUT2D eigenvalue weighted by atomic mass is 16.1. The molecule has 1 aromatic rings. The number of hydrogen-bond acceptors (Lipinski definition) is 2. The van der Waals surface area contributed by atoms with Gasteiger partial charge in [-0.05, 0) is 24.1 Å². The topological polar surface area (TPSA) is 34.1 Å². The van der Waals surface area contributed by atoms with Gasteiger partial charge in [0.2, 0.25) is 0 Å². The average molecular weight is 188 g/mol. The summed E-state index contributed by atoms with van der Waals surface area (Å²) in [5.41, 5.74) is 1.59. The first-order chi connectivity index (χ1) is 6.74. The van der Waals surface area contributed by atoms with E-state index in [-0.39, 0.29) is 12.2 Å². The van der Waals surface area contributed by atoms with Crippen molar-refractivity contribution in [1.82, 2.24) is 0 Å². The quantitative estimate of drug-likeness (QED) is 0.412. The van der Waals surface area contributed by atoms with Crippen molar-refractivity contribution >= 4 is 18.1 Å². The Bertz CT molecular complexity index is 350. The van der Waals surface area contributed by atoms with E-state index in [9.17, 15) is 9.59 Å². The van der Waals surface area contributed by atoms with Gasteiger partial charge in [-0.15, -0.1) is 0 Å². The summed E-state index contributed by atoms with van der Waals surface area (Å²) in [6.45, 7) is 1.72. The highest BCUT2D eigenvalue weighted by Gasteiger charge is 2.02. The number of ketones is 1. The predicted octanol–water partition coefficient (Wildman–Crippen LogP) is 2.25. The average Bonchev–Trinajstić information content (AvgIpc) is 2.19. The van der Waals surface area contributed by atoms with Gasteiger partial charge in [-0.25, -0.2) is 0 Å². The van der Waals surface area contributed by atoms with Crippen molar-refractivity contribution < 1.29 is 9.59 Å². The third kappa shape index (κ3) is 2.98. The summed E-state index contributed by atoms with van der Waals surface area (Å²) < 4.78 is 0. The van der Waals surface area contributed by atoms with E-state index in [0.717, 1.165) is 5.56 Å². The number of Topliss-reactive ketones (excluding diaryl/α,β-unsaturated/α-hetero) is 1. The van der Waals surface area contributed by atoms with Crippen LogP contribution in [0.15, 0.2) is 35.9 Å². The summed E-state index contributed by atoms with van der Waals surface area (Å²) in [7, 11) is 0. The Morgan fingerprint density at radius 3 is 2.50 bits per heavy atom. The molecule has 0 aliphatic carbocycles. The SMILES string of the molecule is C/C(=C\c1ccccc1)C(=O)CC=O. The van der Waals surface area contributed by atoms with Crippen molar-refractivity contribution in [2.24, 2.45) is 0 Å². The lowest BCUT2D eigenvalue weighted by atomic mass is 10.1. The number of carbonyl (C=O) groups is 2. The molecular formula is C12H12O2. The van der Waals surface area contributed by atoms with Crippen LogP contribution in [0.2, 0.25) is 0 Å². The molecule has 0 bridgehead atoms. The van der Waals surface area contributed by atoms with Gasteiger partial charge in [0, 0.05) is 0 Å². The number of benzene rings is 1. The normalized spacial score (nSPS) is 11.1. The van der Waals surface area contributed by atoms with Gasteiger partial charge in [0.25, 0.3) is 0 Å². The smallest absolute Gasteiger partial charge is 0.165 e. The fraction of sp³-hybridized carbons (Fsp3) is 0.167. The molecule has 0 saturated heterocycles. The molecule has 0 amide bonds. The molecular weight excluding hydrogens is 176 g/mol. The molecule has 0 saturated carbocycles. The highest BCUT2D eigenvalue weighted by molar-refractivity contribution is 6.04. The van der Waals surface area contributed by atoms with Crippen LogP contribution < -0.4 is 0 Å². The summed E-state index contributed by atoms with van der Waals surface area (Å²) in [5.74, 6) is -0.121. The monoisotopic (exact) mass is 188 g/mol. The minimum Gasteiger partial charge on any atom is -0.303 e. The highest BCUT2D eigenvalue weighted by Crippen LogP contribution is 2.07. The first-order valence-corrected chi connectivity index (χ1v) is 4.44. The van der Waals surface area contributed by atoms with Gasteiger partial charge < -0.3 is 4.79 Å². The van der Waals surface area contributed by atoms with E-state index in [1.54, 1.807) is 13.0 Å². The molecule has 14 heavy (non-hydrogen) atoms. The molecule has 1 rings (SSSR count). The number of allylic oxidation sites excluding steroid dienone is 1. The lowest BCUT2D eigenvalue weighted by molar-refractivity contribution is -0.119. The molecule has 1 aromatic carbocycles. The maximum absolute atomic E-state index is 11.2. The van der Waals surface area contributed by atoms with Crippen LogP contribution >= 0.6 is 0 Å². The summed E-state index contributed by atoms with van der Waals surface area (Å²) in [6.07, 6.45) is 2.38. The second kappa shape index (κ2) is 5.12. The van der Waals surface area contributed by atoms with Gasteiger partial charge in [0.1, 0.15) is 6.29 Å². The van der Waals surface area contributed by atoms with Crippen molar-refractivity contribution in [3.63, 3.8) is 0 Å². The molecule has 0 fully saturated rings. The fourth-order valence-corrected chi connectivity index (χ4v) is 1.12. The molecule has 72 valence electrons. The van der Waals surface area contributed by atoms with E-state index in [2.05, 4.69) is 0 Å². The zero-order valence-electron chi connectivity index (χ0n) is 8.07. The van der Waals surface area contributed by atoms with Crippen molar-refractivity contribution in [3.05, 3.63) is 41.5 Å². The van der Waals surface area contributed by atoms with Gasteiger partial charge in [-0.3, -0.25) is 4.79 Å². The van der Waals surface area contributed by atoms with Gasteiger partial charge in [-0.2, -0.15) is 0 Å². The Balaban J connectivity index is 2.78. The minimum atomic E-state index is -0.121. The van der Waals surface area contributed by atoms with Gasteiger partial charge >= 0.3 is 0 Å². The zero-order chi connectivity index (χ0) is 10.4. The number of carbonyl (C=O) groups excluding carboxylic acids is 2. The van der Waals surface area contributed by atoms with E-state index in [1.807, 2.05) is 30.3 Å². The lowest BCUT2D eigenvalue weighted by Crippen LogP contribution is -1.99. The largest absolute Gasteiger partial charge is 0.303 e. The minimum absolute atomic E-state index is 0.0326. The van der Waals surface area contributed by atoms with Crippen LogP contribution in [0, 0.1) is 0 Å². The van der Waals surface area contributed by atoms with Crippen LogP contribution in [-0.2, 0) is 9.59 Å². The van der Waals surface area contributed by atoms with Gasteiger partial charge in [0.05, 0.1) is 6.42 Å². The van der Waals surface area contributed by atoms with E-state index in [1.165, 1.54) is 0 Å². The van der Waals surface area contributed by atoms with Crippen LogP contribution in [0.1, 0.15) is 18.9 Å². The number of aldehydes is 1. The Morgan fingerprint density at radius 2 is 1.93 bits per heavy atom. The molecule has 0 spiro atoms. The Kier molecular flexibility index (Phi) is 3.80. The predicted molar refractivity (Wildman–Crippen MR) is 55.8 cm³/mol. The van der Waals surface area contributed by atoms with E-state index >= 15 is 0 Å². The Labute approximate surface area is 83.3 Å². The number of rotatable bonds is 4. The molecule has 0 atom stereocenters. The van der Waals surface area contributed by atoms with E-state index < -0.39 is 0 Å². The zero-order valence-corrected chi connectivity index (χ0v) is 8.07. The van der Waals surface area contributed by atoms with Crippen LogP contribution in [0.4, 0.5) is 0 Å². The van der Waals surface area contributed by atoms with Crippen LogP contribution in [0.3, 0.4) is 0 Å². The maximum Gasteiger partial charge on any atom is 0.165 e. The van der Waals surface area contributed by atoms with E-state index in [0.29, 0.717) is 11.9 Å². The summed E-state index contributed by atoms with van der Waals surface area (Å²) in [6, 6.07) is 9.56. The molecule has 0 unspecified atom stereocenters. The Morgan fingerprint density at radius 1 is 1.29 bits per heavy atom. The van der Waals surface area contributed by atoms with Crippen molar-refractivity contribution in [2.75, 3.05) is 0 Å². The van der Waals surface area contributed by atoms with Crippen LogP contribution in [0.25, 0.3) is 6.08 Å². The maximum atomic E-state index is 11.2. The van der Waals surface area contributed by atoms with E-state index in [4.69, 9.17) is 0 Å². The first kappa shape index (κ1) is 10.4. The molecule has 0 aliphatic rings. The molecule has 2 nitrogen and oxygen atoms in total. The molecule has 0 heterocycles. The fourth-order valence-electron chi connectivity index (χ4n) is 1.12. The summed E-state index contributed by atoms with van der Waals surface area (Å²) >= 11 is 0. The lowest BCUT2D eigenvalue weighted by Gasteiger charge is -1.96. The standard InChI is InChI=1S/C12H12O2/c1-10(12(14)7-8-13)9-11-5-3-2-4-6-11/h2-6,8-9H,7H2,1H3/b10-9+. The van der Waals surface area contributed by atoms with Crippen molar-refractivity contribution in [1.29, 1.82) is 0 Å².